The average molecular weight is 356 g/mol. The van der Waals surface area contributed by atoms with E-state index in [4.69, 9.17) is 0 Å². The Morgan fingerprint density at radius 3 is 2.88 bits per heavy atom. The van der Waals surface area contributed by atoms with Crippen molar-refractivity contribution in [3.05, 3.63) is 42.4 Å². The van der Waals surface area contributed by atoms with Gasteiger partial charge in [0.2, 0.25) is 5.91 Å². The van der Waals surface area contributed by atoms with Gasteiger partial charge in [0.25, 0.3) is 0 Å². The van der Waals surface area contributed by atoms with Crippen LogP contribution >= 0.6 is 11.8 Å². The molecule has 1 aliphatic heterocycles. The molecule has 8 heteroatoms. The van der Waals surface area contributed by atoms with Gasteiger partial charge in [0.05, 0.1) is 18.0 Å². The van der Waals surface area contributed by atoms with Gasteiger partial charge in [0.15, 0.2) is 10.8 Å². The summed E-state index contributed by atoms with van der Waals surface area (Å²) < 4.78 is 3.94. The van der Waals surface area contributed by atoms with Gasteiger partial charge < -0.3 is 4.90 Å². The van der Waals surface area contributed by atoms with E-state index < -0.39 is 0 Å². The summed E-state index contributed by atoms with van der Waals surface area (Å²) in [6.45, 7) is 3.61. The number of likely N-dealkylation sites (tertiary alicyclic amines) is 1. The molecule has 1 fully saturated rings. The zero-order chi connectivity index (χ0) is 17.2. The van der Waals surface area contributed by atoms with Crippen molar-refractivity contribution in [2.75, 3.05) is 18.8 Å². The van der Waals surface area contributed by atoms with Crippen molar-refractivity contribution in [2.45, 2.75) is 31.0 Å². The van der Waals surface area contributed by atoms with E-state index in [1.165, 1.54) is 17.3 Å². The number of carbonyl (C=O) groups is 1. The zero-order valence-electron chi connectivity index (χ0n) is 14.1. The van der Waals surface area contributed by atoms with Crippen LogP contribution in [0.15, 0.2) is 41.9 Å². The van der Waals surface area contributed by atoms with Crippen molar-refractivity contribution in [2.24, 2.45) is 0 Å². The summed E-state index contributed by atoms with van der Waals surface area (Å²) in [5.74, 6) is 0.550. The number of rotatable bonds is 4. The van der Waals surface area contributed by atoms with Gasteiger partial charge in [-0.05, 0) is 37.5 Å². The molecule has 3 aromatic rings. The Kier molecular flexibility index (Phi) is 4.44. The Hall–Kier alpha value is -2.35. The molecular weight excluding hydrogens is 336 g/mol. The third-order valence-electron chi connectivity index (χ3n) is 4.53. The van der Waals surface area contributed by atoms with Gasteiger partial charge >= 0.3 is 0 Å². The highest BCUT2D eigenvalue weighted by molar-refractivity contribution is 7.99. The number of fused-ring (bicyclic) bond motifs is 1. The fourth-order valence-electron chi connectivity index (χ4n) is 3.15. The monoisotopic (exact) mass is 356 g/mol. The lowest BCUT2D eigenvalue weighted by Gasteiger charge is -2.32. The lowest BCUT2D eigenvalue weighted by Crippen LogP contribution is -2.40. The summed E-state index contributed by atoms with van der Waals surface area (Å²) in [6.07, 6.45) is 7.78. The van der Waals surface area contributed by atoms with Gasteiger partial charge in [-0.3, -0.25) is 13.9 Å². The molecule has 130 valence electrons. The molecule has 0 bridgehead atoms. The second-order valence-electron chi connectivity index (χ2n) is 6.31. The Bertz CT molecular complexity index is 880. The van der Waals surface area contributed by atoms with E-state index in [1.807, 2.05) is 51.5 Å². The fraction of sp³-hybridized carbons (Fsp3) is 0.412. The number of thioether (sulfide) groups is 1. The molecule has 4 rings (SSSR count). The molecule has 0 aliphatic carbocycles. The smallest absolute Gasteiger partial charge is 0.233 e. The molecule has 0 aromatic carbocycles. The third-order valence-corrected chi connectivity index (χ3v) is 5.46. The maximum absolute atomic E-state index is 12.5. The molecule has 0 saturated carbocycles. The normalized spacial score (nSPS) is 15.8. The Morgan fingerprint density at radius 1 is 1.28 bits per heavy atom. The number of carbonyl (C=O) groups excluding carboxylic acids is 1. The van der Waals surface area contributed by atoms with Crippen LogP contribution in [0.3, 0.4) is 0 Å². The predicted molar refractivity (Wildman–Crippen MR) is 95.5 cm³/mol. The van der Waals surface area contributed by atoms with E-state index in [0.29, 0.717) is 11.8 Å². The third kappa shape index (κ3) is 3.39. The van der Waals surface area contributed by atoms with Gasteiger partial charge in [0.1, 0.15) is 0 Å². The van der Waals surface area contributed by atoms with Crippen LogP contribution in [0.25, 0.3) is 5.65 Å². The summed E-state index contributed by atoms with van der Waals surface area (Å²) in [5.41, 5.74) is 1.98. The number of pyridine rings is 1. The molecule has 0 unspecified atom stereocenters. The lowest BCUT2D eigenvalue weighted by molar-refractivity contribution is -0.129. The van der Waals surface area contributed by atoms with Crippen molar-refractivity contribution in [1.82, 2.24) is 29.3 Å². The minimum atomic E-state index is 0.160. The highest BCUT2D eigenvalue weighted by Gasteiger charge is 2.24. The van der Waals surface area contributed by atoms with Crippen LogP contribution in [-0.4, -0.2) is 54.0 Å². The molecule has 7 nitrogen and oxygen atoms in total. The van der Waals surface area contributed by atoms with Crippen LogP contribution < -0.4 is 0 Å². The van der Waals surface area contributed by atoms with Gasteiger partial charge in [0, 0.05) is 25.5 Å². The Balaban J connectivity index is 1.32. The quantitative estimate of drug-likeness (QED) is 0.670. The SMILES string of the molecule is Cc1cnn(C2CCN(C(=O)CSc3nnc4ccccn34)CC2)c1. The van der Waals surface area contributed by atoms with E-state index in [-0.39, 0.29) is 5.91 Å². The first-order chi connectivity index (χ1) is 12.2. The van der Waals surface area contributed by atoms with Crippen LogP contribution in [-0.2, 0) is 4.79 Å². The van der Waals surface area contributed by atoms with Crippen molar-refractivity contribution in [1.29, 1.82) is 0 Å². The number of amides is 1. The van der Waals surface area contributed by atoms with Crippen LogP contribution in [0.5, 0.6) is 0 Å². The Labute approximate surface area is 150 Å². The first-order valence-electron chi connectivity index (χ1n) is 8.42. The van der Waals surface area contributed by atoms with Crippen molar-refractivity contribution in [3.8, 4) is 0 Å². The van der Waals surface area contributed by atoms with E-state index in [9.17, 15) is 4.79 Å². The number of aromatic nitrogens is 5. The van der Waals surface area contributed by atoms with Crippen molar-refractivity contribution >= 4 is 23.3 Å². The topological polar surface area (TPSA) is 68.3 Å². The van der Waals surface area contributed by atoms with E-state index in [0.717, 1.165) is 36.7 Å². The average Bonchev–Trinajstić information content (AvgIpc) is 3.26. The largest absolute Gasteiger partial charge is 0.342 e. The van der Waals surface area contributed by atoms with Gasteiger partial charge in [-0.2, -0.15) is 5.10 Å². The second kappa shape index (κ2) is 6.87. The molecule has 1 amide bonds. The first-order valence-corrected chi connectivity index (χ1v) is 9.40. The summed E-state index contributed by atoms with van der Waals surface area (Å²) in [5, 5.41) is 13.4. The minimum Gasteiger partial charge on any atom is -0.342 e. The standard InChI is InChI=1S/C17H20N6OS/c1-13-10-18-23(11-13)14-5-8-21(9-6-14)16(24)12-25-17-20-19-15-4-2-3-7-22(15)17/h2-4,7,10-11,14H,5-6,8-9,12H2,1H3. The molecule has 1 saturated heterocycles. The molecular formula is C17H20N6OS. The zero-order valence-corrected chi connectivity index (χ0v) is 14.9. The second-order valence-corrected chi connectivity index (χ2v) is 7.25. The van der Waals surface area contributed by atoms with E-state index >= 15 is 0 Å². The number of hydrogen-bond donors (Lipinski definition) is 0. The highest BCUT2D eigenvalue weighted by atomic mass is 32.2. The van der Waals surface area contributed by atoms with E-state index in [1.54, 1.807) is 0 Å². The predicted octanol–water partition coefficient (Wildman–Crippen LogP) is 2.19. The molecule has 1 aliphatic rings. The van der Waals surface area contributed by atoms with Crippen LogP contribution in [0.1, 0.15) is 24.4 Å². The molecule has 0 spiro atoms. The summed E-state index contributed by atoms with van der Waals surface area (Å²) >= 11 is 1.44. The summed E-state index contributed by atoms with van der Waals surface area (Å²) in [4.78, 5) is 14.4. The molecule has 0 N–H and O–H groups in total. The number of piperidine rings is 1. The molecule has 0 atom stereocenters. The number of hydrogen-bond acceptors (Lipinski definition) is 5. The van der Waals surface area contributed by atoms with E-state index in [2.05, 4.69) is 21.5 Å². The molecule has 4 heterocycles. The van der Waals surface area contributed by atoms with Crippen LogP contribution in [0.4, 0.5) is 0 Å². The van der Waals surface area contributed by atoms with Gasteiger partial charge in [-0.25, -0.2) is 0 Å². The lowest BCUT2D eigenvalue weighted by atomic mass is 10.1. The molecule has 3 aromatic heterocycles. The summed E-state index contributed by atoms with van der Waals surface area (Å²) in [7, 11) is 0. The van der Waals surface area contributed by atoms with Crippen molar-refractivity contribution < 1.29 is 4.79 Å². The fourth-order valence-corrected chi connectivity index (χ4v) is 3.98. The summed E-state index contributed by atoms with van der Waals surface area (Å²) in [6, 6.07) is 6.16. The first kappa shape index (κ1) is 16.1. The van der Waals surface area contributed by atoms with Crippen LogP contribution in [0, 0.1) is 6.92 Å². The molecule has 0 radical (unpaired) electrons. The molecule has 25 heavy (non-hydrogen) atoms. The van der Waals surface area contributed by atoms with Crippen LogP contribution in [0.2, 0.25) is 0 Å². The van der Waals surface area contributed by atoms with Crippen molar-refractivity contribution in [3.63, 3.8) is 0 Å². The Morgan fingerprint density at radius 2 is 2.12 bits per heavy atom. The minimum absolute atomic E-state index is 0.160. The highest BCUT2D eigenvalue weighted by Crippen LogP contribution is 2.23. The maximum Gasteiger partial charge on any atom is 0.233 e. The number of aryl methyl sites for hydroxylation is 1. The number of nitrogens with zero attached hydrogens (tertiary/aromatic N) is 6. The van der Waals surface area contributed by atoms with Gasteiger partial charge in [-0.1, -0.05) is 17.8 Å². The van der Waals surface area contributed by atoms with Gasteiger partial charge in [-0.15, -0.1) is 10.2 Å². The maximum atomic E-state index is 12.5.